The van der Waals surface area contributed by atoms with Crippen LogP contribution in [0, 0.1) is 5.38 Å². The molecule has 2 aromatic rings. The Morgan fingerprint density at radius 3 is 2.50 bits per heavy atom. The molecule has 0 amide bonds. The van der Waals surface area contributed by atoms with E-state index in [1.165, 1.54) is 11.3 Å². The Bertz CT molecular complexity index is 410. The standard InChI is InChI=1S/C9H4Cl2NOS/c10-6-3-7(11)5-8(4-6)13-9-12-1-2-14-9/h1,3-5H. The lowest BCUT2D eigenvalue weighted by Crippen LogP contribution is -1.82. The molecule has 14 heavy (non-hydrogen) atoms. The Morgan fingerprint density at radius 2 is 1.93 bits per heavy atom. The van der Waals surface area contributed by atoms with Crippen molar-refractivity contribution in [2.75, 3.05) is 0 Å². The predicted octanol–water partition coefficient (Wildman–Crippen LogP) is 4.04. The van der Waals surface area contributed by atoms with E-state index in [0.29, 0.717) is 21.0 Å². The summed E-state index contributed by atoms with van der Waals surface area (Å²) in [5.41, 5.74) is 0. The first kappa shape index (κ1) is 9.77. The molecule has 5 heteroatoms. The quantitative estimate of drug-likeness (QED) is 0.796. The summed E-state index contributed by atoms with van der Waals surface area (Å²) in [4.78, 5) is 3.93. The van der Waals surface area contributed by atoms with Gasteiger partial charge in [-0.15, -0.1) is 0 Å². The van der Waals surface area contributed by atoms with Gasteiger partial charge in [-0.3, -0.25) is 0 Å². The largest absolute Gasteiger partial charge is 0.431 e. The fraction of sp³-hybridized carbons (Fsp3) is 0. The van der Waals surface area contributed by atoms with Crippen LogP contribution in [-0.2, 0) is 0 Å². The zero-order chi connectivity index (χ0) is 9.97. The second kappa shape index (κ2) is 4.17. The van der Waals surface area contributed by atoms with Crippen LogP contribution in [0.5, 0.6) is 10.9 Å². The summed E-state index contributed by atoms with van der Waals surface area (Å²) in [5.74, 6) is 0.575. The van der Waals surface area contributed by atoms with Crippen molar-refractivity contribution in [3.63, 3.8) is 0 Å². The molecule has 1 aromatic heterocycles. The first-order valence-electron chi connectivity index (χ1n) is 3.70. The average Bonchev–Trinajstić information content (AvgIpc) is 2.54. The number of ether oxygens (including phenoxy) is 1. The molecule has 0 bridgehead atoms. The molecule has 0 spiro atoms. The molecule has 1 radical (unpaired) electrons. The maximum absolute atomic E-state index is 5.80. The van der Waals surface area contributed by atoms with Gasteiger partial charge >= 0.3 is 0 Å². The van der Waals surface area contributed by atoms with Crippen LogP contribution in [0.1, 0.15) is 0 Å². The Kier molecular flexibility index (Phi) is 2.91. The van der Waals surface area contributed by atoms with Crippen LogP contribution >= 0.6 is 34.5 Å². The molecule has 1 aromatic carbocycles. The third kappa shape index (κ3) is 2.38. The molecule has 0 saturated carbocycles. The molecule has 0 aliphatic carbocycles. The minimum absolute atomic E-state index is 0.517. The van der Waals surface area contributed by atoms with Crippen molar-refractivity contribution in [1.82, 2.24) is 4.98 Å². The van der Waals surface area contributed by atoms with Crippen molar-refractivity contribution in [1.29, 1.82) is 0 Å². The highest BCUT2D eigenvalue weighted by Crippen LogP contribution is 2.28. The van der Waals surface area contributed by atoms with Gasteiger partial charge in [0, 0.05) is 10.0 Å². The summed E-state index contributed by atoms with van der Waals surface area (Å²) >= 11 is 12.9. The topological polar surface area (TPSA) is 22.1 Å². The lowest BCUT2D eigenvalue weighted by atomic mass is 10.3. The molecule has 71 valence electrons. The Balaban J connectivity index is 2.25. The normalized spacial score (nSPS) is 10.1. The number of nitrogens with zero attached hydrogens (tertiary/aromatic N) is 1. The van der Waals surface area contributed by atoms with E-state index in [2.05, 4.69) is 10.4 Å². The SMILES string of the molecule is Clc1cc(Cl)cc(Oc2nc[c]s2)c1. The van der Waals surface area contributed by atoms with Gasteiger partial charge in [0.2, 0.25) is 0 Å². The highest BCUT2D eigenvalue weighted by atomic mass is 35.5. The molecule has 0 aliphatic rings. The van der Waals surface area contributed by atoms with Crippen LogP contribution < -0.4 is 4.74 Å². The fourth-order valence-electron chi connectivity index (χ4n) is 0.918. The van der Waals surface area contributed by atoms with Crippen LogP contribution in [0.25, 0.3) is 0 Å². The van der Waals surface area contributed by atoms with Crippen LogP contribution in [-0.4, -0.2) is 4.98 Å². The van der Waals surface area contributed by atoms with E-state index in [-0.39, 0.29) is 0 Å². The number of aromatic nitrogens is 1. The maximum Gasteiger partial charge on any atom is 0.279 e. The summed E-state index contributed by atoms with van der Waals surface area (Å²) in [6.45, 7) is 0. The van der Waals surface area contributed by atoms with Gasteiger partial charge in [0.15, 0.2) is 0 Å². The summed E-state index contributed by atoms with van der Waals surface area (Å²) in [6.07, 6.45) is 1.55. The summed E-state index contributed by atoms with van der Waals surface area (Å²) in [6, 6.07) is 4.99. The van der Waals surface area contributed by atoms with Crippen LogP contribution in [0.3, 0.4) is 0 Å². The van der Waals surface area contributed by atoms with Gasteiger partial charge < -0.3 is 4.74 Å². The number of benzene rings is 1. The van der Waals surface area contributed by atoms with Crippen molar-refractivity contribution in [2.45, 2.75) is 0 Å². The lowest BCUT2D eigenvalue weighted by molar-refractivity contribution is 0.479. The van der Waals surface area contributed by atoms with Crippen molar-refractivity contribution >= 4 is 34.5 Å². The van der Waals surface area contributed by atoms with Crippen molar-refractivity contribution in [3.05, 3.63) is 39.8 Å². The number of rotatable bonds is 2. The van der Waals surface area contributed by atoms with E-state index in [1.807, 2.05) is 0 Å². The van der Waals surface area contributed by atoms with Crippen molar-refractivity contribution in [2.24, 2.45) is 0 Å². The first-order chi connectivity index (χ1) is 6.74. The van der Waals surface area contributed by atoms with Crippen molar-refractivity contribution in [3.8, 4) is 10.9 Å². The molecule has 2 nitrogen and oxygen atoms in total. The van der Waals surface area contributed by atoms with Crippen LogP contribution in [0.2, 0.25) is 10.0 Å². The third-order valence-corrected chi connectivity index (χ3v) is 2.43. The number of hydrogen-bond donors (Lipinski definition) is 0. The number of halogens is 2. The fourth-order valence-corrected chi connectivity index (χ4v) is 1.87. The Hall–Kier alpha value is -0.770. The molecular formula is C9H4Cl2NOS. The van der Waals surface area contributed by atoms with Gasteiger partial charge in [0.1, 0.15) is 5.75 Å². The van der Waals surface area contributed by atoms with Gasteiger partial charge in [0.25, 0.3) is 5.19 Å². The smallest absolute Gasteiger partial charge is 0.279 e. The number of hydrogen-bond acceptors (Lipinski definition) is 3. The molecule has 0 aliphatic heterocycles. The van der Waals surface area contributed by atoms with Gasteiger partial charge in [-0.2, -0.15) is 0 Å². The monoisotopic (exact) mass is 244 g/mol. The van der Waals surface area contributed by atoms with Crippen molar-refractivity contribution < 1.29 is 4.74 Å². The van der Waals surface area contributed by atoms with Gasteiger partial charge in [0.05, 0.1) is 11.6 Å². The third-order valence-electron chi connectivity index (χ3n) is 1.41. The summed E-state index contributed by atoms with van der Waals surface area (Å²) < 4.78 is 5.39. The molecule has 1 heterocycles. The lowest BCUT2D eigenvalue weighted by Gasteiger charge is -2.02. The molecule has 0 fully saturated rings. The zero-order valence-electron chi connectivity index (χ0n) is 6.83. The molecule has 0 unspecified atom stereocenters. The molecule has 0 atom stereocenters. The minimum Gasteiger partial charge on any atom is -0.431 e. The van der Waals surface area contributed by atoms with E-state index < -0.39 is 0 Å². The minimum atomic E-state index is 0.517. The number of thiazole rings is 1. The summed E-state index contributed by atoms with van der Waals surface area (Å²) in [7, 11) is 0. The van der Waals surface area contributed by atoms with Crippen LogP contribution in [0.15, 0.2) is 24.4 Å². The second-order valence-corrected chi connectivity index (χ2v) is 4.11. The highest BCUT2D eigenvalue weighted by Gasteiger charge is 2.02. The van der Waals surface area contributed by atoms with E-state index >= 15 is 0 Å². The Labute approximate surface area is 95.1 Å². The molecular weight excluding hydrogens is 241 g/mol. The molecule has 2 rings (SSSR count). The highest BCUT2D eigenvalue weighted by molar-refractivity contribution is 7.10. The maximum atomic E-state index is 5.80. The first-order valence-corrected chi connectivity index (χ1v) is 5.27. The van der Waals surface area contributed by atoms with Gasteiger partial charge in [-0.1, -0.05) is 34.5 Å². The Morgan fingerprint density at radius 1 is 1.21 bits per heavy atom. The van der Waals surface area contributed by atoms with Gasteiger partial charge in [-0.05, 0) is 18.2 Å². The zero-order valence-corrected chi connectivity index (χ0v) is 9.16. The van der Waals surface area contributed by atoms with E-state index in [9.17, 15) is 0 Å². The van der Waals surface area contributed by atoms with E-state index in [0.717, 1.165) is 0 Å². The average molecular weight is 245 g/mol. The van der Waals surface area contributed by atoms with Gasteiger partial charge in [-0.25, -0.2) is 4.98 Å². The predicted molar refractivity (Wildman–Crippen MR) is 57.5 cm³/mol. The molecule has 0 saturated heterocycles. The second-order valence-electron chi connectivity index (χ2n) is 2.45. The summed E-state index contributed by atoms with van der Waals surface area (Å²) in [5, 5.41) is 4.41. The van der Waals surface area contributed by atoms with Crippen LogP contribution in [0.4, 0.5) is 0 Å². The van der Waals surface area contributed by atoms with E-state index in [1.54, 1.807) is 24.4 Å². The molecule has 0 N–H and O–H groups in total. The van der Waals surface area contributed by atoms with E-state index in [4.69, 9.17) is 27.9 Å².